The summed E-state index contributed by atoms with van der Waals surface area (Å²) in [5.41, 5.74) is 2.57. The standard InChI is InChI=1S/C20H15Br3O6/c21-16-10(7-15(27)20(29)18(16)23)5-11-9(6-14(26)19(28)17(11)22)3-8-1-2-12(24)13(25)4-8/h1-2,4,6-7,24-29H,3,5H2. The fourth-order valence-electron chi connectivity index (χ4n) is 2.94. The molecule has 29 heavy (non-hydrogen) atoms. The fraction of sp³-hybridized carbons (Fsp3) is 0.100. The van der Waals surface area contributed by atoms with E-state index in [0.717, 1.165) is 0 Å². The highest BCUT2D eigenvalue weighted by molar-refractivity contribution is 9.13. The molecule has 6 nitrogen and oxygen atoms in total. The minimum atomic E-state index is -0.324. The molecule has 3 rings (SSSR count). The zero-order chi connectivity index (χ0) is 21.5. The minimum Gasteiger partial charge on any atom is -0.504 e. The highest BCUT2D eigenvalue weighted by Crippen LogP contribution is 2.45. The predicted octanol–water partition coefficient (Wildman–Crippen LogP) is 5.39. The Kier molecular flexibility index (Phi) is 6.21. The average Bonchev–Trinajstić information content (AvgIpc) is 2.68. The van der Waals surface area contributed by atoms with E-state index in [1.165, 1.54) is 24.3 Å². The molecule has 0 aliphatic heterocycles. The molecule has 9 heteroatoms. The van der Waals surface area contributed by atoms with Crippen molar-refractivity contribution in [3.8, 4) is 34.5 Å². The summed E-state index contributed by atoms with van der Waals surface area (Å²) in [5, 5.41) is 59.3. The first-order valence-corrected chi connectivity index (χ1v) is 10.6. The predicted molar refractivity (Wildman–Crippen MR) is 118 cm³/mol. The Morgan fingerprint density at radius 1 is 0.552 bits per heavy atom. The molecule has 0 amide bonds. The summed E-state index contributed by atoms with van der Waals surface area (Å²) in [6, 6.07) is 7.23. The molecule has 0 fully saturated rings. The molecule has 0 heterocycles. The van der Waals surface area contributed by atoms with Crippen LogP contribution in [0.1, 0.15) is 22.3 Å². The van der Waals surface area contributed by atoms with Crippen LogP contribution in [-0.4, -0.2) is 30.6 Å². The van der Waals surface area contributed by atoms with E-state index in [1.54, 1.807) is 6.07 Å². The van der Waals surface area contributed by atoms with Crippen molar-refractivity contribution in [1.82, 2.24) is 0 Å². The Labute approximate surface area is 191 Å². The lowest BCUT2D eigenvalue weighted by atomic mass is 9.94. The number of hydrogen-bond acceptors (Lipinski definition) is 6. The summed E-state index contributed by atoms with van der Waals surface area (Å²) in [6.07, 6.45) is 0.527. The lowest BCUT2D eigenvalue weighted by Crippen LogP contribution is -2.00. The highest BCUT2D eigenvalue weighted by atomic mass is 79.9. The van der Waals surface area contributed by atoms with Gasteiger partial charge in [-0.05, 0) is 101 Å². The lowest BCUT2D eigenvalue weighted by molar-refractivity contribution is 0.399. The summed E-state index contributed by atoms with van der Waals surface area (Å²) in [5.74, 6) is -1.74. The summed E-state index contributed by atoms with van der Waals surface area (Å²) in [7, 11) is 0. The minimum absolute atomic E-state index is 0.237. The van der Waals surface area contributed by atoms with Gasteiger partial charge in [0.05, 0.1) is 8.95 Å². The van der Waals surface area contributed by atoms with E-state index in [1.807, 2.05) is 0 Å². The van der Waals surface area contributed by atoms with Gasteiger partial charge < -0.3 is 30.6 Å². The second-order valence-electron chi connectivity index (χ2n) is 6.40. The Hall–Kier alpha value is -2.10. The molecule has 0 atom stereocenters. The van der Waals surface area contributed by atoms with Gasteiger partial charge in [0.25, 0.3) is 0 Å². The summed E-state index contributed by atoms with van der Waals surface area (Å²) in [4.78, 5) is 0. The van der Waals surface area contributed by atoms with Crippen LogP contribution in [-0.2, 0) is 12.8 Å². The van der Waals surface area contributed by atoms with Gasteiger partial charge in [-0.25, -0.2) is 0 Å². The van der Waals surface area contributed by atoms with Crippen LogP contribution < -0.4 is 0 Å². The van der Waals surface area contributed by atoms with E-state index >= 15 is 0 Å². The highest BCUT2D eigenvalue weighted by Gasteiger charge is 2.20. The van der Waals surface area contributed by atoms with E-state index < -0.39 is 0 Å². The third kappa shape index (κ3) is 4.26. The van der Waals surface area contributed by atoms with Crippen molar-refractivity contribution in [2.24, 2.45) is 0 Å². The molecule has 0 aliphatic carbocycles. The second-order valence-corrected chi connectivity index (χ2v) is 8.78. The second kappa shape index (κ2) is 8.33. The smallest absolute Gasteiger partial charge is 0.173 e. The van der Waals surface area contributed by atoms with Gasteiger partial charge in [0.15, 0.2) is 34.5 Å². The van der Waals surface area contributed by atoms with Crippen molar-refractivity contribution in [2.75, 3.05) is 0 Å². The molecule has 0 bridgehead atoms. The first-order chi connectivity index (χ1) is 13.6. The number of rotatable bonds is 4. The summed E-state index contributed by atoms with van der Waals surface area (Å²) >= 11 is 9.92. The number of benzene rings is 3. The first kappa shape index (κ1) is 21.6. The molecule has 0 aliphatic rings. The number of phenolic OH excluding ortho intramolecular Hbond substituents is 6. The maximum atomic E-state index is 10.2. The van der Waals surface area contributed by atoms with Gasteiger partial charge in [-0.2, -0.15) is 0 Å². The zero-order valence-corrected chi connectivity index (χ0v) is 19.4. The van der Waals surface area contributed by atoms with Crippen molar-refractivity contribution in [2.45, 2.75) is 12.8 Å². The maximum Gasteiger partial charge on any atom is 0.173 e. The Balaban J connectivity index is 2.11. The Morgan fingerprint density at radius 2 is 1.14 bits per heavy atom. The van der Waals surface area contributed by atoms with Crippen LogP contribution in [0.25, 0.3) is 0 Å². The Bertz CT molecular complexity index is 1110. The van der Waals surface area contributed by atoms with Gasteiger partial charge in [0, 0.05) is 10.9 Å². The Morgan fingerprint density at radius 3 is 1.76 bits per heavy atom. The van der Waals surface area contributed by atoms with Crippen molar-refractivity contribution < 1.29 is 30.6 Å². The molecule has 3 aromatic carbocycles. The molecule has 6 N–H and O–H groups in total. The van der Waals surface area contributed by atoms with E-state index in [-0.39, 0.29) is 49.9 Å². The zero-order valence-electron chi connectivity index (χ0n) is 14.6. The van der Waals surface area contributed by atoms with Crippen LogP contribution in [0.15, 0.2) is 43.7 Å². The third-order valence-electron chi connectivity index (χ3n) is 4.45. The van der Waals surface area contributed by atoms with Gasteiger partial charge in [0.1, 0.15) is 0 Å². The van der Waals surface area contributed by atoms with Gasteiger partial charge in [0.2, 0.25) is 0 Å². The van der Waals surface area contributed by atoms with E-state index in [9.17, 15) is 30.6 Å². The molecule has 0 unspecified atom stereocenters. The number of halogens is 3. The van der Waals surface area contributed by atoms with Crippen molar-refractivity contribution in [1.29, 1.82) is 0 Å². The van der Waals surface area contributed by atoms with E-state index in [4.69, 9.17) is 0 Å². The van der Waals surface area contributed by atoms with Crippen LogP contribution in [0.3, 0.4) is 0 Å². The molecule has 152 valence electrons. The number of hydrogen-bond donors (Lipinski definition) is 6. The van der Waals surface area contributed by atoms with Crippen molar-refractivity contribution in [3.05, 3.63) is 66.0 Å². The third-order valence-corrected chi connectivity index (χ3v) is 7.52. The monoisotopic (exact) mass is 588 g/mol. The van der Waals surface area contributed by atoms with E-state index in [2.05, 4.69) is 47.8 Å². The van der Waals surface area contributed by atoms with Crippen LogP contribution in [0.4, 0.5) is 0 Å². The molecular weight excluding hydrogens is 576 g/mol. The normalized spacial score (nSPS) is 11.0. The summed E-state index contributed by atoms with van der Waals surface area (Å²) in [6.45, 7) is 0. The number of aromatic hydroxyl groups is 6. The molecular formula is C20H15Br3O6. The van der Waals surface area contributed by atoms with Crippen molar-refractivity contribution >= 4 is 47.8 Å². The van der Waals surface area contributed by atoms with Gasteiger partial charge >= 0.3 is 0 Å². The fourth-order valence-corrected chi connectivity index (χ4v) is 4.44. The van der Waals surface area contributed by atoms with Crippen molar-refractivity contribution in [3.63, 3.8) is 0 Å². The van der Waals surface area contributed by atoms with E-state index in [0.29, 0.717) is 33.1 Å². The first-order valence-electron chi connectivity index (χ1n) is 8.22. The van der Waals surface area contributed by atoms with Crippen LogP contribution in [0.2, 0.25) is 0 Å². The van der Waals surface area contributed by atoms with Gasteiger partial charge in [-0.3, -0.25) is 0 Å². The molecule has 0 aromatic heterocycles. The van der Waals surface area contributed by atoms with Gasteiger partial charge in [-0.15, -0.1) is 0 Å². The average molecular weight is 591 g/mol. The van der Waals surface area contributed by atoms with Crippen LogP contribution >= 0.6 is 47.8 Å². The molecule has 0 radical (unpaired) electrons. The maximum absolute atomic E-state index is 10.2. The quantitative estimate of drug-likeness (QED) is 0.227. The van der Waals surface area contributed by atoms with Gasteiger partial charge in [-0.1, -0.05) is 6.07 Å². The van der Waals surface area contributed by atoms with Crippen LogP contribution in [0.5, 0.6) is 34.5 Å². The lowest BCUT2D eigenvalue weighted by Gasteiger charge is -2.17. The summed E-state index contributed by atoms with van der Waals surface area (Å²) < 4.78 is 1.10. The van der Waals surface area contributed by atoms with Crippen LogP contribution in [0, 0.1) is 0 Å². The molecule has 0 saturated heterocycles. The largest absolute Gasteiger partial charge is 0.504 e. The topological polar surface area (TPSA) is 121 Å². The number of phenols is 6. The molecule has 3 aromatic rings. The SMILES string of the molecule is Oc1ccc(Cc2cc(O)c(O)c(Br)c2Cc2cc(O)c(O)c(Br)c2Br)cc1O. The molecule has 0 spiro atoms. The molecule has 0 saturated carbocycles.